The van der Waals surface area contributed by atoms with Crippen LogP contribution in [0.15, 0.2) is 66.7 Å². The second-order valence-electron chi connectivity index (χ2n) is 6.25. The molecule has 3 aromatic carbocycles. The first kappa shape index (κ1) is 20.4. The van der Waals surface area contributed by atoms with Gasteiger partial charge in [0.2, 0.25) is 0 Å². The summed E-state index contributed by atoms with van der Waals surface area (Å²) in [6.07, 6.45) is 0. The molecule has 29 heavy (non-hydrogen) atoms. The zero-order valence-corrected chi connectivity index (χ0v) is 15.9. The van der Waals surface area contributed by atoms with Crippen LogP contribution in [0, 0.1) is 5.82 Å². The van der Waals surface area contributed by atoms with Crippen LogP contribution < -0.4 is 10.1 Å². The molecular formula is C22H17ClFNO4. The molecule has 0 heterocycles. The summed E-state index contributed by atoms with van der Waals surface area (Å²) < 4.78 is 19.7. The molecule has 5 nitrogen and oxygen atoms in total. The van der Waals surface area contributed by atoms with Crippen molar-refractivity contribution in [3.8, 4) is 5.75 Å². The second kappa shape index (κ2) is 9.21. The standard InChI is InChI=1S/C22H17ClFNO4/c23-17-3-1-2-15(10-17)13-29-18-8-9-20(24)19(11-18)21(26)25-12-14-4-6-16(7-5-14)22(27)28/h1-11H,12-13H2,(H,25,26)(H,27,28). The third kappa shape index (κ3) is 5.56. The number of carbonyl (C=O) groups is 2. The molecule has 1 amide bonds. The fourth-order valence-electron chi connectivity index (χ4n) is 2.60. The van der Waals surface area contributed by atoms with Gasteiger partial charge >= 0.3 is 5.97 Å². The molecular weight excluding hydrogens is 397 g/mol. The molecule has 148 valence electrons. The van der Waals surface area contributed by atoms with Gasteiger partial charge in [0.05, 0.1) is 11.1 Å². The third-order valence-corrected chi connectivity index (χ3v) is 4.37. The van der Waals surface area contributed by atoms with Gasteiger partial charge in [-0.2, -0.15) is 0 Å². The van der Waals surface area contributed by atoms with E-state index in [4.69, 9.17) is 21.4 Å². The first-order valence-corrected chi connectivity index (χ1v) is 9.07. The topological polar surface area (TPSA) is 75.6 Å². The molecule has 3 rings (SSSR count). The van der Waals surface area contributed by atoms with E-state index < -0.39 is 17.7 Å². The van der Waals surface area contributed by atoms with Gasteiger partial charge in [-0.1, -0.05) is 35.9 Å². The average Bonchev–Trinajstić information content (AvgIpc) is 2.71. The van der Waals surface area contributed by atoms with Crippen molar-refractivity contribution in [3.05, 3.63) is 99.8 Å². The van der Waals surface area contributed by atoms with E-state index in [-0.39, 0.29) is 24.3 Å². The molecule has 7 heteroatoms. The average molecular weight is 414 g/mol. The van der Waals surface area contributed by atoms with Gasteiger partial charge in [-0.25, -0.2) is 9.18 Å². The zero-order valence-electron chi connectivity index (χ0n) is 15.2. The second-order valence-corrected chi connectivity index (χ2v) is 6.68. The highest BCUT2D eigenvalue weighted by Crippen LogP contribution is 2.19. The Morgan fingerprint density at radius 3 is 2.45 bits per heavy atom. The maximum absolute atomic E-state index is 14.1. The highest BCUT2D eigenvalue weighted by Gasteiger charge is 2.13. The van der Waals surface area contributed by atoms with Crippen LogP contribution in [0.4, 0.5) is 4.39 Å². The van der Waals surface area contributed by atoms with E-state index in [9.17, 15) is 14.0 Å². The third-order valence-electron chi connectivity index (χ3n) is 4.13. The van der Waals surface area contributed by atoms with Crippen molar-refractivity contribution in [2.45, 2.75) is 13.2 Å². The number of halogens is 2. The monoisotopic (exact) mass is 413 g/mol. The van der Waals surface area contributed by atoms with Gasteiger partial charge in [-0.3, -0.25) is 4.79 Å². The van der Waals surface area contributed by atoms with E-state index in [2.05, 4.69) is 5.32 Å². The van der Waals surface area contributed by atoms with E-state index in [0.717, 1.165) is 5.56 Å². The van der Waals surface area contributed by atoms with Gasteiger partial charge in [-0.05, 0) is 53.6 Å². The number of nitrogens with one attached hydrogen (secondary N) is 1. The van der Waals surface area contributed by atoms with Crippen molar-refractivity contribution in [3.63, 3.8) is 0 Å². The van der Waals surface area contributed by atoms with Crippen LogP contribution in [0.1, 0.15) is 31.8 Å². The van der Waals surface area contributed by atoms with Crippen molar-refractivity contribution >= 4 is 23.5 Å². The summed E-state index contributed by atoms with van der Waals surface area (Å²) >= 11 is 5.94. The Morgan fingerprint density at radius 1 is 1.00 bits per heavy atom. The van der Waals surface area contributed by atoms with E-state index in [1.54, 1.807) is 30.3 Å². The number of ether oxygens (including phenoxy) is 1. The minimum absolute atomic E-state index is 0.131. The van der Waals surface area contributed by atoms with Crippen LogP contribution in [-0.4, -0.2) is 17.0 Å². The Hall–Kier alpha value is -3.38. The lowest BCUT2D eigenvalue weighted by Gasteiger charge is -2.10. The molecule has 0 aliphatic heterocycles. The Balaban J connectivity index is 1.63. The molecule has 0 saturated heterocycles. The lowest BCUT2D eigenvalue weighted by molar-refractivity contribution is 0.0696. The summed E-state index contributed by atoms with van der Waals surface area (Å²) in [7, 11) is 0. The number of carboxylic acid groups (broad SMARTS) is 1. The maximum Gasteiger partial charge on any atom is 0.335 e. The van der Waals surface area contributed by atoms with E-state index >= 15 is 0 Å². The Morgan fingerprint density at radius 2 is 1.76 bits per heavy atom. The Kier molecular flexibility index (Phi) is 6.46. The zero-order chi connectivity index (χ0) is 20.8. The van der Waals surface area contributed by atoms with Gasteiger partial charge in [0.25, 0.3) is 5.91 Å². The molecule has 0 unspecified atom stereocenters. The number of benzene rings is 3. The molecule has 0 aromatic heterocycles. The van der Waals surface area contributed by atoms with Crippen molar-refractivity contribution in [1.82, 2.24) is 5.32 Å². The summed E-state index contributed by atoms with van der Waals surface area (Å²) in [5.41, 5.74) is 1.54. The lowest BCUT2D eigenvalue weighted by Crippen LogP contribution is -2.24. The van der Waals surface area contributed by atoms with Crippen LogP contribution >= 0.6 is 11.6 Å². The summed E-state index contributed by atoms with van der Waals surface area (Å²) in [6.45, 7) is 0.356. The molecule has 0 atom stereocenters. The molecule has 0 spiro atoms. The summed E-state index contributed by atoms with van der Waals surface area (Å²) in [5, 5.41) is 12.1. The van der Waals surface area contributed by atoms with Gasteiger partial charge in [-0.15, -0.1) is 0 Å². The Labute approximate surface area is 171 Å². The molecule has 2 N–H and O–H groups in total. The van der Waals surface area contributed by atoms with Crippen molar-refractivity contribution in [2.75, 3.05) is 0 Å². The molecule has 0 fully saturated rings. The van der Waals surface area contributed by atoms with Crippen LogP contribution in [0.25, 0.3) is 0 Å². The molecule has 0 aliphatic carbocycles. The number of hydrogen-bond acceptors (Lipinski definition) is 3. The molecule has 0 saturated carbocycles. The SMILES string of the molecule is O=C(O)c1ccc(CNC(=O)c2cc(OCc3cccc(Cl)c3)ccc2F)cc1. The number of aromatic carboxylic acids is 1. The number of carboxylic acids is 1. The van der Waals surface area contributed by atoms with Crippen LogP contribution in [0.3, 0.4) is 0 Å². The van der Waals surface area contributed by atoms with Crippen LogP contribution in [-0.2, 0) is 13.2 Å². The van der Waals surface area contributed by atoms with Crippen LogP contribution in [0.2, 0.25) is 5.02 Å². The predicted octanol–water partition coefficient (Wildman–Crippen LogP) is 4.69. The number of rotatable bonds is 7. The van der Waals surface area contributed by atoms with Crippen LogP contribution in [0.5, 0.6) is 5.75 Å². The normalized spacial score (nSPS) is 10.4. The first-order valence-electron chi connectivity index (χ1n) is 8.69. The molecule has 0 aliphatic rings. The quantitative estimate of drug-likeness (QED) is 0.589. The number of hydrogen-bond donors (Lipinski definition) is 2. The van der Waals surface area contributed by atoms with Crippen molar-refractivity contribution in [2.24, 2.45) is 0 Å². The molecule has 0 bridgehead atoms. The van der Waals surface area contributed by atoms with E-state index in [1.165, 1.54) is 30.3 Å². The first-order chi connectivity index (χ1) is 13.9. The van der Waals surface area contributed by atoms with Gasteiger partial charge in [0.1, 0.15) is 18.2 Å². The maximum atomic E-state index is 14.1. The lowest BCUT2D eigenvalue weighted by atomic mass is 10.1. The van der Waals surface area contributed by atoms with Gasteiger partial charge in [0, 0.05) is 11.6 Å². The van der Waals surface area contributed by atoms with Crippen molar-refractivity contribution in [1.29, 1.82) is 0 Å². The number of amides is 1. The fourth-order valence-corrected chi connectivity index (χ4v) is 2.82. The summed E-state index contributed by atoms with van der Waals surface area (Å²) in [4.78, 5) is 23.2. The molecule has 0 radical (unpaired) electrons. The highest BCUT2D eigenvalue weighted by atomic mass is 35.5. The van der Waals surface area contributed by atoms with Gasteiger partial charge < -0.3 is 15.2 Å². The smallest absolute Gasteiger partial charge is 0.335 e. The Bertz CT molecular complexity index is 1040. The van der Waals surface area contributed by atoms with Crippen molar-refractivity contribution < 1.29 is 23.8 Å². The minimum atomic E-state index is -1.03. The highest BCUT2D eigenvalue weighted by molar-refractivity contribution is 6.30. The fraction of sp³-hybridized carbons (Fsp3) is 0.0909. The summed E-state index contributed by atoms with van der Waals surface area (Å²) in [6, 6.07) is 17.2. The minimum Gasteiger partial charge on any atom is -0.489 e. The largest absolute Gasteiger partial charge is 0.489 e. The summed E-state index contributed by atoms with van der Waals surface area (Å²) in [5.74, 6) is -1.95. The number of carbonyl (C=O) groups excluding carboxylic acids is 1. The van der Waals surface area contributed by atoms with E-state index in [1.807, 2.05) is 6.07 Å². The van der Waals surface area contributed by atoms with Gasteiger partial charge in [0.15, 0.2) is 0 Å². The predicted molar refractivity (Wildman–Crippen MR) is 107 cm³/mol. The van der Waals surface area contributed by atoms with E-state index in [0.29, 0.717) is 16.3 Å². The molecule has 3 aromatic rings.